The van der Waals surface area contributed by atoms with Crippen molar-refractivity contribution in [3.05, 3.63) is 28.8 Å². The first kappa shape index (κ1) is 9.53. The Morgan fingerprint density at radius 1 is 1.21 bits per heavy atom. The Labute approximate surface area is 85.0 Å². The van der Waals surface area contributed by atoms with Crippen molar-refractivity contribution in [3.8, 4) is 5.75 Å². The van der Waals surface area contributed by atoms with Crippen LogP contribution in [0.2, 0.25) is 0 Å². The molecule has 0 spiro atoms. The van der Waals surface area contributed by atoms with Crippen LogP contribution in [0.25, 0.3) is 0 Å². The summed E-state index contributed by atoms with van der Waals surface area (Å²) >= 11 is 0. The van der Waals surface area contributed by atoms with Crippen LogP contribution >= 0.6 is 0 Å². The molecule has 0 amide bonds. The van der Waals surface area contributed by atoms with Crippen LogP contribution in [0.5, 0.6) is 5.75 Å². The summed E-state index contributed by atoms with van der Waals surface area (Å²) in [4.78, 5) is 0. The molecule has 0 bridgehead atoms. The third-order valence-corrected chi connectivity index (χ3v) is 3.27. The number of hydrogen-bond donors (Lipinski definition) is 2. The van der Waals surface area contributed by atoms with Gasteiger partial charge >= 0.3 is 0 Å². The topological polar surface area (TPSA) is 32.3 Å². The molecule has 0 radical (unpaired) electrons. The number of phenols is 1. The Kier molecular flexibility index (Phi) is 2.04. The average molecular weight is 191 g/mol. The van der Waals surface area contributed by atoms with Gasteiger partial charge in [-0.1, -0.05) is 12.1 Å². The molecular weight excluding hydrogens is 174 g/mol. The summed E-state index contributed by atoms with van der Waals surface area (Å²) in [5.41, 5.74) is 3.46. The van der Waals surface area contributed by atoms with Crippen LogP contribution in [0.1, 0.15) is 29.5 Å². The number of phenolic OH excluding ortho intramolecular Hbond substituents is 1. The fourth-order valence-electron chi connectivity index (χ4n) is 2.04. The van der Waals surface area contributed by atoms with Gasteiger partial charge in [0.05, 0.1) is 0 Å². The molecule has 2 nitrogen and oxygen atoms in total. The zero-order valence-electron chi connectivity index (χ0n) is 9.02. The number of benzene rings is 1. The van der Waals surface area contributed by atoms with Gasteiger partial charge in [-0.15, -0.1) is 0 Å². The molecule has 2 heteroatoms. The SMILES string of the molecule is CNC1(c2cc(C)c(O)c(C)c2)CC1. The first-order chi connectivity index (χ1) is 6.59. The van der Waals surface area contributed by atoms with Gasteiger partial charge in [0.1, 0.15) is 5.75 Å². The van der Waals surface area contributed by atoms with Gasteiger partial charge < -0.3 is 10.4 Å². The van der Waals surface area contributed by atoms with Gasteiger partial charge in [-0.25, -0.2) is 0 Å². The summed E-state index contributed by atoms with van der Waals surface area (Å²) < 4.78 is 0. The molecule has 0 atom stereocenters. The smallest absolute Gasteiger partial charge is 0.121 e. The van der Waals surface area contributed by atoms with Crippen LogP contribution in [0.3, 0.4) is 0 Å². The third-order valence-electron chi connectivity index (χ3n) is 3.27. The molecule has 0 heterocycles. The van der Waals surface area contributed by atoms with E-state index in [9.17, 15) is 5.11 Å². The standard InChI is InChI=1S/C12H17NO/c1-8-6-10(7-9(2)11(8)14)12(13-3)4-5-12/h6-7,13-14H,4-5H2,1-3H3. The highest BCUT2D eigenvalue weighted by Gasteiger charge is 2.42. The minimum absolute atomic E-state index is 0.198. The molecule has 2 N–H and O–H groups in total. The minimum Gasteiger partial charge on any atom is -0.507 e. The van der Waals surface area contributed by atoms with Crippen molar-refractivity contribution in [2.45, 2.75) is 32.2 Å². The lowest BCUT2D eigenvalue weighted by atomic mass is 9.99. The summed E-state index contributed by atoms with van der Waals surface area (Å²) in [5.74, 6) is 0.431. The van der Waals surface area contributed by atoms with E-state index in [1.165, 1.54) is 18.4 Å². The van der Waals surface area contributed by atoms with Crippen LogP contribution in [-0.4, -0.2) is 12.2 Å². The molecule has 1 aromatic rings. The van der Waals surface area contributed by atoms with Crippen molar-refractivity contribution in [2.75, 3.05) is 7.05 Å². The number of rotatable bonds is 2. The predicted octanol–water partition coefficient (Wildman–Crippen LogP) is 2.22. The second-order valence-electron chi connectivity index (χ2n) is 4.29. The van der Waals surface area contributed by atoms with Crippen molar-refractivity contribution in [2.24, 2.45) is 0 Å². The van der Waals surface area contributed by atoms with E-state index in [2.05, 4.69) is 17.4 Å². The van der Waals surface area contributed by atoms with Gasteiger partial charge in [0.25, 0.3) is 0 Å². The lowest BCUT2D eigenvalue weighted by molar-refractivity contribution is 0.465. The molecule has 1 aliphatic carbocycles. The highest BCUT2D eigenvalue weighted by Crippen LogP contribution is 2.46. The molecule has 1 saturated carbocycles. The first-order valence-corrected chi connectivity index (χ1v) is 5.09. The van der Waals surface area contributed by atoms with Crippen LogP contribution in [0.15, 0.2) is 12.1 Å². The maximum atomic E-state index is 9.67. The summed E-state index contributed by atoms with van der Waals surface area (Å²) in [6, 6.07) is 4.18. The highest BCUT2D eigenvalue weighted by molar-refractivity contribution is 5.45. The van der Waals surface area contributed by atoms with Gasteiger partial charge in [-0.05, 0) is 50.4 Å². The second-order valence-corrected chi connectivity index (χ2v) is 4.29. The summed E-state index contributed by atoms with van der Waals surface area (Å²) in [5, 5.41) is 13.0. The van der Waals surface area contributed by atoms with Crippen LogP contribution in [0, 0.1) is 13.8 Å². The van der Waals surface area contributed by atoms with Crippen molar-refractivity contribution < 1.29 is 5.11 Å². The number of aryl methyl sites for hydroxylation is 2. The maximum Gasteiger partial charge on any atom is 0.121 e. The van der Waals surface area contributed by atoms with E-state index < -0.39 is 0 Å². The molecule has 14 heavy (non-hydrogen) atoms. The molecule has 1 aliphatic rings. The van der Waals surface area contributed by atoms with E-state index in [1.54, 1.807) is 0 Å². The molecule has 1 fully saturated rings. The van der Waals surface area contributed by atoms with Gasteiger partial charge in [-0.2, -0.15) is 0 Å². The molecule has 76 valence electrons. The van der Waals surface area contributed by atoms with E-state index in [-0.39, 0.29) is 5.54 Å². The number of hydrogen-bond acceptors (Lipinski definition) is 2. The van der Waals surface area contributed by atoms with E-state index >= 15 is 0 Å². The molecule has 2 rings (SSSR count). The van der Waals surface area contributed by atoms with E-state index in [4.69, 9.17) is 0 Å². The fraction of sp³-hybridized carbons (Fsp3) is 0.500. The zero-order valence-corrected chi connectivity index (χ0v) is 9.02. The molecular formula is C12H17NO. The lowest BCUT2D eigenvalue weighted by Gasteiger charge is -2.17. The highest BCUT2D eigenvalue weighted by atomic mass is 16.3. The summed E-state index contributed by atoms with van der Waals surface area (Å²) in [7, 11) is 2.00. The quantitative estimate of drug-likeness (QED) is 0.751. The van der Waals surface area contributed by atoms with E-state index in [0.717, 1.165) is 11.1 Å². The monoisotopic (exact) mass is 191 g/mol. The number of nitrogens with one attached hydrogen (secondary N) is 1. The zero-order chi connectivity index (χ0) is 10.3. The molecule has 0 unspecified atom stereocenters. The summed E-state index contributed by atoms with van der Waals surface area (Å²) in [6.07, 6.45) is 2.40. The molecule has 1 aromatic carbocycles. The lowest BCUT2D eigenvalue weighted by Crippen LogP contribution is -2.24. The van der Waals surface area contributed by atoms with Crippen molar-refractivity contribution in [1.29, 1.82) is 0 Å². The Bertz CT molecular complexity index is 344. The number of aromatic hydroxyl groups is 1. The molecule has 0 saturated heterocycles. The van der Waals surface area contributed by atoms with Crippen LogP contribution < -0.4 is 5.32 Å². The van der Waals surface area contributed by atoms with Gasteiger partial charge in [0.15, 0.2) is 0 Å². The van der Waals surface area contributed by atoms with Gasteiger partial charge in [0, 0.05) is 5.54 Å². The average Bonchev–Trinajstić information content (AvgIpc) is 2.94. The van der Waals surface area contributed by atoms with Gasteiger partial charge in [-0.3, -0.25) is 0 Å². The predicted molar refractivity (Wildman–Crippen MR) is 57.6 cm³/mol. The Morgan fingerprint density at radius 2 is 1.71 bits per heavy atom. The Balaban J connectivity index is 2.46. The molecule has 0 aromatic heterocycles. The molecule has 0 aliphatic heterocycles. The largest absolute Gasteiger partial charge is 0.507 e. The van der Waals surface area contributed by atoms with Crippen LogP contribution in [0.4, 0.5) is 0 Å². The van der Waals surface area contributed by atoms with Crippen molar-refractivity contribution >= 4 is 0 Å². The second kappa shape index (κ2) is 2.99. The Morgan fingerprint density at radius 3 is 2.07 bits per heavy atom. The summed E-state index contributed by atoms with van der Waals surface area (Å²) in [6.45, 7) is 3.91. The first-order valence-electron chi connectivity index (χ1n) is 5.09. The fourth-order valence-corrected chi connectivity index (χ4v) is 2.04. The van der Waals surface area contributed by atoms with Gasteiger partial charge in [0.2, 0.25) is 0 Å². The maximum absolute atomic E-state index is 9.67. The van der Waals surface area contributed by atoms with E-state index in [1.807, 2.05) is 20.9 Å². The van der Waals surface area contributed by atoms with E-state index in [0.29, 0.717) is 5.75 Å². The van der Waals surface area contributed by atoms with Crippen molar-refractivity contribution in [3.63, 3.8) is 0 Å². The normalized spacial score (nSPS) is 18.2. The van der Waals surface area contributed by atoms with Crippen molar-refractivity contribution in [1.82, 2.24) is 5.32 Å². The van der Waals surface area contributed by atoms with Crippen LogP contribution in [-0.2, 0) is 5.54 Å². The third kappa shape index (κ3) is 1.30. The minimum atomic E-state index is 0.198. The Hall–Kier alpha value is -1.02.